The van der Waals surface area contributed by atoms with Crippen molar-refractivity contribution in [2.24, 2.45) is 11.8 Å². The molecule has 188 valence electrons. The summed E-state index contributed by atoms with van der Waals surface area (Å²) >= 11 is 0. The van der Waals surface area contributed by atoms with Gasteiger partial charge in [-0.1, -0.05) is 34.1 Å². The third kappa shape index (κ3) is 6.62. The monoisotopic (exact) mass is 466 g/mol. The van der Waals surface area contributed by atoms with Crippen LogP contribution in [-0.4, -0.2) is 58.0 Å². The maximum atomic E-state index is 13.6. The Morgan fingerprint density at radius 2 is 1.68 bits per heavy atom. The van der Waals surface area contributed by atoms with Crippen molar-refractivity contribution in [3.8, 4) is 0 Å². The van der Waals surface area contributed by atoms with Gasteiger partial charge in [-0.25, -0.2) is 4.98 Å². The van der Waals surface area contributed by atoms with E-state index in [1.165, 1.54) is 57.6 Å². The van der Waals surface area contributed by atoms with Crippen molar-refractivity contribution >= 4 is 16.9 Å². The van der Waals surface area contributed by atoms with Gasteiger partial charge in [0.05, 0.1) is 11.0 Å². The number of nitrogens with zero attached hydrogens (tertiary/aromatic N) is 4. The van der Waals surface area contributed by atoms with E-state index in [1.54, 1.807) is 0 Å². The zero-order chi connectivity index (χ0) is 24.1. The fraction of sp³-hybridized carbons (Fsp3) is 0.724. The zero-order valence-electron chi connectivity index (χ0n) is 22.1. The van der Waals surface area contributed by atoms with Gasteiger partial charge in [-0.05, 0) is 94.6 Å². The average molecular weight is 467 g/mol. The molecular weight excluding hydrogens is 420 g/mol. The zero-order valence-corrected chi connectivity index (χ0v) is 22.1. The molecule has 5 heteroatoms. The summed E-state index contributed by atoms with van der Waals surface area (Å²) in [4.78, 5) is 23.3. The number of fused-ring (bicyclic) bond motifs is 1. The molecule has 2 aliphatic rings. The van der Waals surface area contributed by atoms with Gasteiger partial charge in [0.25, 0.3) is 5.91 Å². The highest BCUT2D eigenvalue weighted by atomic mass is 16.2. The Balaban J connectivity index is 1.53. The minimum atomic E-state index is 0.178. The van der Waals surface area contributed by atoms with Crippen LogP contribution >= 0.6 is 0 Å². The van der Waals surface area contributed by atoms with Gasteiger partial charge in [-0.3, -0.25) is 4.79 Å². The Bertz CT molecular complexity index is 925. The highest BCUT2D eigenvalue weighted by molar-refractivity contribution is 5.97. The molecule has 2 fully saturated rings. The third-order valence-corrected chi connectivity index (χ3v) is 7.51. The van der Waals surface area contributed by atoms with Crippen molar-refractivity contribution in [1.82, 2.24) is 19.4 Å². The summed E-state index contributed by atoms with van der Waals surface area (Å²) < 4.78 is 2.44. The molecule has 5 nitrogen and oxygen atoms in total. The number of carbonyl (C=O) groups excluding carboxylic acids is 1. The first-order valence-electron chi connectivity index (χ1n) is 13.9. The van der Waals surface area contributed by atoms with E-state index in [1.807, 2.05) is 6.07 Å². The first kappa shape index (κ1) is 25.2. The smallest absolute Gasteiger partial charge is 0.253 e. The molecule has 0 bridgehead atoms. The maximum Gasteiger partial charge on any atom is 0.253 e. The van der Waals surface area contributed by atoms with E-state index in [9.17, 15) is 4.79 Å². The molecule has 1 aliphatic heterocycles. The quantitative estimate of drug-likeness (QED) is 0.367. The minimum absolute atomic E-state index is 0.178. The molecule has 1 aliphatic carbocycles. The second kappa shape index (κ2) is 11.7. The Morgan fingerprint density at radius 1 is 1.00 bits per heavy atom. The Hall–Kier alpha value is -1.88. The molecule has 2 aromatic rings. The minimum Gasteiger partial charge on any atom is -0.339 e. The van der Waals surface area contributed by atoms with Crippen molar-refractivity contribution in [3.05, 3.63) is 29.6 Å². The van der Waals surface area contributed by atoms with E-state index in [0.717, 1.165) is 55.5 Å². The standard InChI is InChI=1S/C29H46N4O/c1-22(2)13-19-32(20-14-23(3)4)29(34)25-11-12-26-27(21-25)33(28(30-26)24-9-10-24)18-8-17-31-15-6-5-7-16-31/h11-12,21-24H,5-10,13-20H2,1-4H3. The van der Waals surface area contributed by atoms with Crippen LogP contribution in [0.1, 0.15) is 101 Å². The second-order valence-electron chi connectivity index (χ2n) is 11.5. The van der Waals surface area contributed by atoms with Crippen molar-refractivity contribution < 1.29 is 4.79 Å². The summed E-state index contributed by atoms with van der Waals surface area (Å²) in [5.41, 5.74) is 3.02. The fourth-order valence-electron chi connectivity index (χ4n) is 5.12. The average Bonchev–Trinajstić information content (AvgIpc) is 3.61. The van der Waals surface area contributed by atoms with Crippen LogP contribution in [0.3, 0.4) is 0 Å². The Kier molecular flexibility index (Phi) is 8.68. The number of piperidine rings is 1. The van der Waals surface area contributed by atoms with Crippen molar-refractivity contribution in [2.45, 2.75) is 91.5 Å². The van der Waals surface area contributed by atoms with E-state index in [2.05, 4.69) is 54.2 Å². The molecule has 1 saturated heterocycles. The third-order valence-electron chi connectivity index (χ3n) is 7.51. The first-order chi connectivity index (χ1) is 16.4. The van der Waals surface area contributed by atoms with Gasteiger partial charge in [-0.2, -0.15) is 0 Å². The predicted octanol–water partition coefficient (Wildman–Crippen LogP) is 6.32. The van der Waals surface area contributed by atoms with Gasteiger partial charge in [-0.15, -0.1) is 0 Å². The SMILES string of the molecule is CC(C)CCN(CCC(C)C)C(=O)c1ccc2nc(C3CC3)n(CCCN3CCCCC3)c2c1. The van der Waals surface area contributed by atoms with Gasteiger partial charge in [0, 0.05) is 31.1 Å². The topological polar surface area (TPSA) is 41.4 Å². The number of aryl methyl sites for hydroxylation is 1. The van der Waals surface area contributed by atoms with Crippen LogP contribution in [-0.2, 0) is 6.54 Å². The number of amides is 1. The van der Waals surface area contributed by atoms with Gasteiger partial charge < -0.3 is 14.4 Å². The highest BCUT2D eigenvalue weighted by Crippen LogP contribution is 2.41. The lowest BCUT2D eigenvalue weighted by Gasteiger charge is -2.26. The molecule has 1 aromatic carbocycles. The van der Waals surface area contributed by atoms with Crippen molar-refractivity contribution in [3.63, 3.8) is 0 Å². The molecule has 0 N–H and O–H groups in total. The van der Waals surface area contributed by atoms with Crippen LogP contribution in [0, 0.1) is 11.8 Å². The molecule has 2 heterocycles. The van der Waals surface area contributed by atoms with Gasteiger partial charge >= 0.3 is 0 Å². The van der Waals surface area contributed by atoms with Crippen LogP contribution in [0.2, 0.25) is 0 Å². The van der Waals surface area contributed by atoms with Crippen LogP contribution in [0.5, 0.6) is 0 Å². The molecule has 34 heavy (non-hydrogen) atoms. The summed E-state index contributed by atoms with van der Waals surface area (Å²) in [6.45, 7) is 15.3. The molecule has 1 amide bonds. The number of carbonyl (C=O) groups is 1. The van der Waals surface area contributed by atoms with E-state index in [0.29, 0.717) is 17.8 Å². The van der Waals surface area contributed by atoms with E-state index < -0.39 is 0 Å². The summed E-state index contributed by atoms with van der Waals surface area (Å²) in [6, 6.07) is 6.22. The molecule has 0 radical (unpaired) electrons. The molecular formula is C29H46N4O. The lowest BCUT2D eigenvalue weighted by Crippen LogP contribution is -2.34. The number of benzene rings is 1. The van der Waals surface area contributed by atoms with E-state index in [-0.39, 0.29) is 5.91 Å². The number of hydrogen-bond acceptors (Lipinski definition) is 3. The van der Waals surface area contributed by atoms with Crippen LogP contribution < -0.4 is 0 Å². The summed E-state index contributed by atoms with van der Waals surface area (Å²) in [7, 11) is 0. The predicted molar refractivity (Wildman–Crippen MR) is 141 cm³/mol. The molecule has 0 unspecified atom stereocenters. The summed E-state index contributed by atoms with van der Waals surface area (Å²) in [5.74, 6) is 3.22. The van der Waals surface area contributed by atoms with Crippen molar-refractivity contribution in [2.75, 3.05) is 32.7 Å². The highest BCUT2D eigenvalue weighted by Gasteiger charge is 2.30. The van der Waals surface area contributed by atoms with Crippen molar-refractivity contribution in [1.29, 1.82) is 0 Å². The Morgan fingerprint density at radius 3 is 2.29 bits per heavy atom. The second-order valence-corrected chi connectivity index (χ2v) is 11.5. The molecule has 1 saturated carbocycles. The van der Waals surface area contributed by atoms with Gasteiger partial charge in [0.2, 0.25) is 0 Å². The van der Waals surface area contributed by atoms with Gasteiger partial charge in [0.1, 0.15) is 5.82 Å². The number of rotatable bonds is 12. The summed E-state index contributed by atoms with van der Waals surface area (Å²) in [6.07, 6.45) is 9.82. The summed E-state index contributed by atoms with van der Waals surface area (Å²) in [5, 5.41) is 0. The number of likely N-dealkylation sites (tertiary alicyclic amines) is 1. The largest absolute Gasteiger partial charge is 0.339 e. The maximum absolute atomic E-state index is 13.6. The Labute approximate surface area is 206 Å². The van der Waals surface area contributed by atoms with Crippen LogP contribution in [0.25, 0.3) is 11.0 Å². The lowest BCUT2D eigenvalue weighted by molar-refractivity contribution is 0.0741. The van der Waals surface area contributed by atoms with E-state index >= 15 is 0 Å². The van der Waals surface area contributed by atoms with E-state index in [4.69, 9.17) is 4.98 Å². The molecule has 1 aromatic heterocycles. The van der Waals surface area contributed by atoms with Gasteiger partial charge in [0.15, 0.2) is 0 Å². The number of aromatic nitrogens is 2. The van der Waals surface area contributed by atoms with Crippen LogP contribution in [0.4, 0.5) is 0 Å². The normalized spacial score (nSPS) is 17.2. The molecule has 4 rings (SSSR count). The number of hydrogen-bond donors (Lipinski definition) is 0. The first-order valence-corrected chi connectivity index (χ1v) is 13.9. The fourth-order valence-corrected chi connectivity index (χ4v) is 5.12. The molecule has 0 atom stereocenters. The molecule has 0 spiro atoms. The van der Waals surface area contributed by atoms with Crippen LogP contribution in [0.15, 0.2) is 18.2 Å². The lowest BCUT2D eigenvalue weighted by atomic mass is 10.1. The number of imidazole rings is 1.